The summed E-state index contributed by atoms with van der Waals surface area (Å²) in [5.41, 5.74) is 10.2. The van der Waals surface area contributed by atoms with Gasteiger partial charge in [0.2, 0.25) is 0 Å². The van der Waals surface area contributed by atoms with Crippen LogP contribution in [0.4, 0.5) is 0 Å². The largest absolute Gasteiger partial charge is 0.491 e. The Morgan fingerprint density at radius 3 is 2.66 bits per heavy atom. The molecule has 0 aliphatic carbocycles. The highest BCUT2D eigenvalue weighted by Gasteiger charge is 2.22. The molecule has 6 nitrogen and oxygen atoms in total. The summed E-state index contributed by atoms with van der Waals surface area (Å²) >= 11 is 0. The number of rotatable bonds is 7. The third-order valence-electron chi connectivity index (χ3n) is 5.57. The maximum Gasteiger partial charge on any atom is 0.307 e. The second-order valence-electron chi connectivity index (χ2n) is 8.61. The Hall–Kier alpha value is -3.35. The van der Waals surface area contributed by atoms with E-state index in [-0.39, 0.29) is 19.1 Å². The Labute approximate surface area is 187 Å². The predicted molar refractivity (Wildman–Crippen MR) is 122 cm³/mol. The molecule has 1 aliphatic heterocycles. The highest BCUT2D eigenvalue weighted by molar-refractivity contribution is 5.71. The van der Waals surface area contributed by atoms with Crippen LogP contribution in [-0.4, -0.2) is 22.8 Å². The summed E-state index contributed by atoms with van der Waals surface area (Å²) in [5.74, 6) is 0.426. The van der Waals surface area contributed by atoms with Crippen LogP contribution < -0.4 is 15.2 Å². The molecule has 166 valence electrons. The van der Waals surface area contributed by atoms with Gasteiger partial charge in [0.15, 0.2) is 0 Å². The van der Waals surface area contributed by atoms with Crippen molar-refractivity contribution in [3.8, 4) is 22.6 Å². The van der Waals surface area contributed by atoms with Crippen LogP contribution in [0.5, 0.6) is 11.5 Å². The predicted octanol–water partition coefficient (Wildman–Crippen LogP) is 4.18. The highest BCUT2D eigenvalue weighted by Crippen LogP contribution is 2.36. The molecule has 4 rings (SSSR count). The monoisotopic (exact) mass is 433 g/mol. The Balaban J connectivity index is 1.67. The highest BCUT2D eigenvalue weighted by atomic mass is 16.5. The quantitative estimate of drug-likeness (QED) is 0.517. The zero-order chi connectivity index (χ0) is 22.9. The lowest BCUT2D eigenvalue weighted by molar-refractivity contribution is -0.136. The molecular weight excluding hydrogens is 406 g/mol. The molecule has 0 unspecified atom stereocenters. The molecule has 32 heavy (non-hydrogen) atoms. The summed E-state index contributed by atoms with van der Waals surface area (Å²) in [6.45, 7) is 4.19. The average molecular weight is 434 g/mol. The molecule has 0 saturated carbocycles. The molecule has 1 atom stereocenters. The Morgan fingerprint density at radius 1 is 1.12 bits per heavy atom. The third-order valence-corrected chi connectivity index (χ3v) is 5.57. The molecule has 0 bridgehead atoms. The molecular formula is C26H27NO5. The van der Waals surface area contributed by atoms with E-state index in [1.165, 1.54) is 0 Å². The van der Waals surface area contributed by atoms with Crippen LogP contribution in [0.2, 0.25) is 0 Å². The summed E-state index contributed by atoms with van der Waals surface area (Å²) in [6.07, 6.45) is -0.109. The van der Waals surface area contributed by atoms with E-state index in [4.69, 9.17) is 20.3 Å². The summed E-state index contributed by atoms with van der Waals surface area (Å²) in [6, 6.07) is 18.8. The normalized spacial score (nSPS) is 15.2. The SMILES string of the molecule is CC(C)(O)c1cc(COc2ccccc2CC(=O)O)cc(-c2ccc3c(c2)[C@H](N)CO3)c1. The number of nitrogens with two attached hydrogens (primary N) is 1. The van der Waals surface area contributed by atoms with E-state index in [2.05, 4.69) is 0 Å². The zero-order valence-electron chi connectivity index (χ0n) is 18.2. The number of hydrogen-bond acceptors (Lipinski definition) is 5. The minimum atomic E-state index is -1.04. The number of carboxylic acids is 1. The first-order valence-electron chi connectivity index (χ1n) is 10.5. The van der Waals surface area contributed by atoms with Crippen LogP contribution >= 0.6 is 0 Å². The minimum absolute atomic E-state index is 0.109. The number of aliphatic hydroxyl groups is 1. The van der Waals surface area contributed by atoms with Crippen molar-refractivity contribution in [1.29, 1.82) is 0 Å². The van der Waals surface area contributed by atoms with Gasteiger partial charge in [0, 0.05) is 11.1 Å². The number of para-hydroxylation sites is 1. The van der Waals surface area contributed by atoms with Gasteiger partial charge in [0.05, 0.1) is 18.1 Å². The first-order valence-corrected chi connectivity index (χ1v) is 10.5. The van der Waals surface area contributed by atoms with E-state index in [1.807, 2.05) is 42.5 Å². The van der Waals surface area contributed by atoms with E-state index in [1.54, 1.807) is 32.0 Å². The lowest BCUT2D eigenvalue weighted by Gasteiger charge is -2.21. The molecule has 0 saturated heterocycles. The maximum atomic E-state index is 11.2. The van der Waals surface area contributed by atoms with Crippen molar-refractivity contribution >= 4 is 5.97 Å². The second kappa shape index (κ2) is 8.65. The molecule has 1 heterocycles. The van der Waals surface area contributed by atoms with E-state index in [9.17, 15) is 9.90 Å². The van der Waals surface area contributed by atoms with E-state index >= 15 is 0 Å². The van der Waals surface area contributed by atoms with Crippen molar-refractivity contribution in [2.24, 2.45) is 5.73 Å². The average Bonchev–Trinajstić information content (AvgIpc) is 3.12. The standard InChI is InChI=1S/C26H27NO5/c1-26(2,30)20-10-16(14-31-23-6-4-3-5-18(23)13-25(28)29)9-19(11-20)17-7-8-24-21(12-17)22(27)15-32-24/h3-12,22,30H,13-15,27H2,1-2H3,(H,28,29)/t22-/m1/s1. The lowest BCUT2D eigenvalue weighted by atomic mass is 9.91. The molecule has 0 fully saturated rings. The first-order chi connectivity index (χ1) is 15.2. The van der Waals surface area contributed by atoms with Gasteiger partial charge in [0.25, 0.3) is 0 Å². The van der Waals surface area contributed by atoms with Gasteiger partial charge in [-0.05, 0) is 72.5 Å². The second-order valence-corrected chi connectivity index (χ2v) is 8.61. The van der Waals surface area contributed by atoms with Gasteiger partial charge in [-0.3, -0.25) is 4.79 Å². The van der Waals surface area contributed by atoms with Crippen LogP contribution in [0.15, 0.2) is 60.7 Å². The fourth-order valence-electron chi connectivity index (χ4n) is 3.83. The first kappa shape index (κ1) is 21.9. The smallest absolute Gasteiger partial charge is 0.307 e. The number of ether oxygens (including phenoxy) is 2. The van der Waals surface area contributed by atoms with Gasteiger partial charge < -0.3 is 25.4 Å². The van der Waals surface area contributed by atoms with Gasteiger partial charge >= 0.3 is 5.97 Å². The molecule has 3 aromatic carbocycles. The Kier molecular flexibility index (Phi) is 5.91. The van der Waals surface area contributed by atoms with E-state index < -0.39 is 11.6 Å². The van der Waals surface area contributed by atoms with Gasteiger partial charge in [-0.2, -0.15) is 0 Å². The molecule has 1 aliphatic rings. The number of carboxylic acid groups (broad SMARTS) is 1. The summed E-state index contributed by atoms with van der Waals surface area (Å²) in [7, 11) is 0. The Bertz CT molecular complexity index is 1150. The topological polar surface area (TPSA) is 102 Å². The Morgan fingerprint density at radius 2 is 1.91 bits per heavy atom. The molecule has 0 amide bonds. The molecule has 0 aromatic heterocycles. The van der Waals surface area contributed by atoms with Crippen molar-refractivity contribution in [3.05, 3.63) is 82.9 Å². The molecule has 4 N–H and O–H groups in total. The maximum absolute atomic E-state index is 11.2. The molecule has 0 radical (unpaired) electrons. The van der Waals surface area contributed by atoms with Crippen molar-refractivity contribution < 1.29 is 24.5 Å². The number of fused-ring (bicyclic) bond motifs is 1. The summed E-state index contributed by atoms with van der Waals surface area (Å²) in [4.78, 5) is 11.2. The summed E-state index contributed by atoms with van der Waals surface area (Å²) in [5, 5.41) is 19.8. The van der Waals surface area contributed by atoms with Crippen molar-refractivity contribution in [2.75, 3.05) is 6.61 Å². The number of aliphatic carboxylic acids is 1. The fraction of sp³-hybridized carbons (Fsp3) is 0.269. The van der Waals surface area contributed by atoms with Gasteiger partial charge in [-0.15, -0.1) is 0 Å². The van der Waals surface area contributed by atoms with Gasteiger partial charge in [0.1, 0.15) is 24.7 Å². The van der Waals surface area contributed by atoms with Crippen LogP contribution in [-0.2, 0) is 23.4 Å². The van der Waals surface area contributed by atoms with Crippen molar-refractivity contribution in [2.45, 2.75) is 38.5 Å². The number of hydrogen-bond donors (Lipinski definition) is 3. The van der Waals surface area contributed by atoms with Crippen molar-refractivity contribution in [1.82, 2.24) is 0 Å². The molecule has 3 aromatic rings. The van der Waals surface area contributed by atoms with E-state index in [0.29, 0.717) is 17.9 Å². The van der Waals surface area contributed by atoms with Crippen LogP contribution in [0.1, 0.15) is 42.1 Å². The zero-order valence-corrected chi connectivity index (χ0v) is 18.2. The molecule has 6 heteroatoms. The lowest BCUT2D eigenvalue weighted by Crippen LogP contribution is -2.16. The van der Waals surface area contributed by atoms with Gasteiger partial charge in [-0.25, -0.2) is 0 Å². The minimum Gasteiger partial charge on any atom is -0.491 e. The van der Waals surface area contributed by atoms with Crippen LogP contribution in [0.3, 0.4) is 0 Å². The summed E-state index contributed by atoms with van der Waals surface area (Å²) < 4.78 is 11.6. The van der Waals surface area contributed by atoms with Crippen molar-refractivity contribution in [3.63, 3.8) is 0 Å². The third kappa shape index (κ3) is 4.77. The number of benzene rings is 3. The van der Waals surface area contributed by atoms with Gasteiger partial charge in [-0.1, -0.05) is 24.3 Å². The van der Waals surface area contributed by atoms with Crippen LogP contribution in [0, 0.1) is 0 Å². The van der Waals surface area contributed by atoms with E-state index in [0.717, 1.165) is 33.6 Å². The molecule has 0 spiro atoms. The number of carbonyl (C=O) groups is 1. The fourth-order valence-corrected chi connectivity index (χ4v) is 3.83. The van der Waals surface area contributed by atoms with Crippen LogP contribution in [0.25, 0.3) is 11.1 Å².